The Hall–Kier alpha value is -0.320. The van der Waals surface area contributed by atoms with Gasteiger partial charge in [0.15, 0.2) is 0 Å². The third kappa shape index (κ3) is 3.50. The molecule has 0 aliphatic heterocycles. The number of aliphatic hydroxyl groups is 1. The first-order chi connectivity index (χ1) is 6.24. The average molecular weight is 266 g/mol. The molecule has 0 aliphatic rings. The molecule has 1 aromatic heterocycles. The lowest BCUT2D eigenvalue weighted by molar-refractivity contribution is 0.292. The van der Waals surface area contributed by atoms with Gasteiger partial charge < -0.3 is 10.4 Å². The second-order valence-electron chi connectivity index (χ2n) is 2.50. The fraction of sp³-hybridized carbons (Fsp3) is 0.375. The summed E-state index contributed by atoms with van der Waals surface area (Å²) in [7, 11) is 0. The van der Waals surface area contributed by atoms with Crippen LogP contribution in [0.1, 0.15) is 6.42 Å². The molecule has 3 nitrogen and oxygen atoms in total. The Morgan fingerprint density at radius 1 is 1.62 bits per heavy atom. The molecule has 0 aliphatic carbocycles. The zero-order chi connectivity index (χ0) is 9.68. The fourth-order valence-electron chi connectivity index (χ4n) is 0.830. The molecule has 1 rings (SSSR count). The van der Waals surface area contributed by atoms with E-state index >= 15 is 0 Å². The van der Waals surface area contributed by atoms with E-state index in [0.29, 0.717) is 5.15 Å². The molecule has 5 heteroatoms. The summed E-state index contributed by atoms with van der Waals surface area (Å²) in [5.74, 6) is 0. The van der Waals surface area contributed by atoms with E-state index in [1.807, 2.05) is 6.07 Å². The van der Waals surface area contributed by atoms with Crippen molar-refractivity contribution in [1.29, 1.82) is 0 Å². The Kier molecular flexibility index (Phi) is 4.48. The van der Waals surface area contributed by atoms with Crippen LogP contribution in [-0.4, -0.2) is 23.2 Å². The van der Waals surface area contributed by atoms with E-state index in [2.05, 4.69) is 26.2 Å². The number of aromatic nitrogens is 1. The normalized spacial score (nSPS) is 10.1. The van der Waals surface area contributed by atoms with Gasteiger partial charge in [-0.05, 0) is 28.4 Å². The number of hydrogen-bond donors (Lipinski definition) is 2. The predicted molar refractivity (Wildman–Crippen MR) is 57.1 cm³/mol. The second-order valence-corrected chi connectivity index (χ2v) is 3.71. The largest absolute Gasteiger partial charge is 0.396 e. The van der Waals surface area contributed by atoms with Gasteiger partial charge in [-0.15, -0.1) is 0 Å². The summed E-state index contributed by atoms with van der Waals surface area (Å²) in [6.07, 6.45) is 2.38. The smallest absolute Gasteiger partial charge is 0.143 e. The van der Waals surface area contributed by atoms with Crippen LogP contribution in [0.15, 0.2) is 16.7 Å². The molecule has 0 saturated carbocycles. The molecule has 0 saturated heterocycles. The summed E-state index contributed by atoms with van der Waals surface area (Å²) >= 11 is 8.99. The molecule has 0 aromatic carbocycles. The predicted octanol–water partition coefficient (Wildman–Crippen LogP) is 2.29. The third-order valence-corrected chi connectivity index (χ3v) is 2.59. The minimum absolute atomic E-state index is 0.190. The molecule has 1 heterocycles. The number of pyridine rings is 1. The van der Waals surface area contributed by atoms with E-state index in [-0.39, 0.29) is 6.61 Å². The van der Waals surface area contributed by atoms with Crippen molar-refractivity contribution in [2.24, 2.45) is 0 Å². The summed E-state index contributed by atoms with van der Waals surface area (Å²) in [6, 6.07) is 1.85. The van der Waals surface area contributed by atoms with Crippen molar-refractivity contribution < 1.29 is 5.11 Å². The molecule has 0 unspecified atom stereocenters. The number of halogens is 2. The lowest BCUT2D eigenvalue weighted by Gasteiger charge is -2.05. The Bertz CT molecular complexity index is 283. The first kappa shape index (κ1) is 10.8. The molecule has 0 amide bonds. The van der Waals surface area contributed by atoms with Crippen LogP contribution in [0, 0.1) is 0 Å². The van der Waals surface area contributed by atoms with Crippen LogP contribution in [0.25, 0.3) is 0 Å². The van der Waals surface area contributed by atoms with Crippen molar-refractivity contribution in [3.8, 4) is 0 Å². The molecule has 13 heavy (non-hydrogen) atoms. The van der Waals surface area contributed by atoms with Crippen LogP contribution in [0.5, 0.6) is 0 Å². The van der Waals surface area contributed by atoms with Crippen LogP contribution in [0.2, 0.25) is 5.15 Å². The van der Waals surface area contributed by atoms with Crippen molar-refractivity contribution in [2.45, 2.75) is 6.42 Å². The Balaban J connectivity index is 2.53. The van der Waals surface area contributed by atoms with Gasteiger partial charge in [0.25, 0.3) is 0 Å². The highest BCUT2D eigenvalue weighted by atomic mass is 79.9. The highest BCUT2D eigenvalue weighted by molar-refractivity contribution is 9.10. The van der Waals surface area contributed by atoms with Crippen LogP contribution >= 0.6 is 27.5 Å². The van der Waals surface area contributed by atoms with E-state index in [1.165, 1.54) is 0 Å². The van der Waals surface area contributed by atoms with Gasteiger partial charge in [-0.1, -0.05) is 11.6 Å². The van der Waals surface area contributed by atoms with Crippen molar-refractivity contribution in [2.75, 3.05) is 18.5 Å². The maximum absolute atomic E-state index is 8.56. The molecule has 0 spiro atoms. The van der Waals surface area contributed by atoms with Gasteiger partial charge in [0.1, 0.15) is 5.15 Å². The first-order valence-corrected chi connectivity index (χ1v) is 5.07. The Morgan fingerprint density at radius 3 is 3.00 bits per heavy atom. The van der Waals surface area contributed by atoms with Crippen molar-refractivity contribution in [3.05, 3.63) is 21.9 Å². The van der Waals surface area contributed by atoms with Gasteiger partial charge in [0.05, 0.1) is 16.4 Å². The fourth-order valence-corrected chi connectivity index (χ4v) is 1.28. The van der Waals surface area contributed by atoms with Gasteiger partial charge in [0, 0.05) is 13.2 Å². The van der Waals surface area contributed by atoms with Gasteiger partial charge in [-0.3, -0.25) is 0 Å². The molecule has 0 bridgehead atoms. The second kappa shape index (κ2) is 5.42. The summed E-state index contributed by atoms with van der Waals surface area (Å²) in [6.45, 7) is 0.918. The molecular weight excluding hydrogens is 255 g/mol. The number of aliphatic hydroxyl groups excluding tert-OH is 1. The Labute approximate surface area is 90.3 Å². The number of rotatable bonds is 4. The maximum Gasteiger partial charge on any atom is 0.143 e. The maximum atomic E-state index is 8.56. The topological polar surface area (TPSA) is 45.1 Å². The van der Waals surface area contributed by atoms with Gasteiger partial charge in [-0.25, -0.2) is 4.98 Å². The molecular formula is C8H10BrClN2O. The Morgan fingerprint density at radius 2 is 2.38 bits per heavy atom. The van der Waals surface area contributed by atoms with Crippen molar-refractivity contribution in [1.82, 2.24) is 4.98 Å². The molecule has 0 fully saturated rings. The van der Waals surface area contributed by atoms with Crippen molar-refractivity contribution >= 4 is 33.2 Å². The summed E-state index contributed by atoms with van der Waals surface area (Å²) in [5, 5.41) is 12.1. The lowest BCUT2D eigenvalue weighted by Crippen LogP contribution is -2.03. The lowest BCUT2D eigenvalue weighted by atomic mass is 10.4. The zero-order valence-electron chi connectivity index (χ0n) is 6.93. The van der Waals surface area contributed by atoms with E-state index < -0.39 is 0 Å². The minimum Gasteiger partial charge on any atom is -0.396 e. The zero-order valence-corrected chi connectivity index (χ0v) is 9.27. The number of hydrogen-bond acceptors (Lipinski definition) is 3. The van der Waals surface area contributed by atoms with Crippen LogP contribution in [0.4, 0.5) is 5.69 Å². The van der Waals surface area contributed by atoms with E-state index in [0.717, 1.165) is 23.1 Å². The highest BCUT2D eigenvalue weighted by Gasteiger charge is 1.98. The monoisotopic (exact) mass is 264 g/mol. The van der Waals surface area contributed by atoms with Crippen LogP contribution in [0.3, 0.4) is 0 Å². The minimum atomic E-state index is 0.190. The van der Waals surface area contributed by atoms with Gasteiger partial charge >= 0.3 is 0 Å². The van der Waals surface area contributed by atoms with Crippen LogP contribution in [-0.2, 0) is 0 Å². The number of anilines is 1. The summed E-state index contributed by atoms with van der Waals surface area (Å²) in [4.78, 5) is 3.95. The van der Waals surface area contributed by atoms with Crippen LogP contribution < -0.4 is 5.32 Å². The van der Waals surface area contributed by atoms with Gasteiger partial charge in [0.2, 0.25) is 0 Å². The molecule has 0 radical (unpaired) electrons. The number of nitrogens with one attached hydrogen (secondary N) is 1. The molecule has 72 valence electrons. The molecule has 2 N–H and O–H groups in total. The highest BCUT2D eigenvalue weighted by Crippen LogP contribution is 2.22. The third-order valence-electron chi connectivity index (χ3n) is 1.46. The number of nitrogens with zero attached hydrogens (tertiary/aromatic N) is 1. The molecule has 0 atom stereocenters. The summed E-state index contributed by atoms with van der Waals surface area (Å²) in [5.41, 5.74) is 0.893. The standard InChI is InChI=1S/C8H10BrClN2O/c9-7-4-6(5-12-8(7)10)11-2-1-3-13/h4-5,11,13H,1-3H2. The first-order valence-electron chi connectivity index (χ1n) is 3.90. The van der Waals surface area contributed by atoms with Gasteiger partial charge in [-0.2, -0.15) is 0 Å². The average Bonchev–Trinajstić information content (AvgIpc) is 2.12. The SMILES string of the molecule is OCCCNc1cnc(Cl)c(Br)c1. The quantitative estimate of drug-likeness (QED) is 0.648. The van der Waals surface area contributed by atoms with E-state index in [9.17, 15) is 0 Å². The van der Waals surface area contributed by atoms with Crippen molar-refractivity contribution in [3.63, 3.8) is 0 Å². The summed E-state index contributed by atoms with van der Waals surface area (Å²) < 4.78 is 0.767. The van der Waals surface area contributed by atoms with E-state index in [4.69, 9.17) is 16.7 Å². The van der Waals surface area contributed by atoms with E-state index in [1.54, 1.807) is 6.20 Å². The molecule has 1 aromatic rings.